The number of aromatic nitrogens is 2. The Morgan fingerprint density at radius 1 is 1.21 bits per heavy atom. The molecule has 7 nitrogen and oxygen atoms in total. The number of nitrogens with zero attached hydrogens (tertiary/aromatic N) is 1. The van der Waals surface area contributed by atoms with Gasteiger partial charge < -0.3 is 24.5 Å². The molecular weight excluding hydrogens is 358 g/mol. The van der Waals surface area contributed by atoms with Crippen LogP contribution in [0.1, 0.15) is 30.3 Å². The molecule has 1 aliphatic heterocycles. The van der Waals surface area contributed by atoms with E-state index in [-0.39, 0.29) is 18.4 Å². The molecule has 0 saturated carbocycles. The average molecular weight is 381 g/mol. The molecule has 0 radical (unpaired) electrons. The Bertz CT molecular complexity index is 992. The quantitative estimate of drug-likeness (QED) is 0.681. The fourth-order valence-corrected chi connectivity index (χ4v) is 3.43. The molecule has 1 aliphatic rings. The smallest absolute Gasteiger partial charge is 0.228 e. The number of imidazole rings is 1. The van der Waals surface area contributed by atoms with E-state index >= 15 is 0 Å². The third kappa shape index (κ3) is 3.80. The zero-order valence-electron chi connectivity index (χ0n) is 16.0. The number of rotatable bonds is 6. The van der Waals surface area contributed by atoms with Gasteiger partial charge in [0.15, 0.2) is 11.5 Å². The van der Waals surface area contributed by atoms with Gasteiger partial charge in [0.2, 0.25) is 5.91 Å². The number of methoxy groups -OCH3 is 2. The highest BCUT2D eigenvalue weighted by Crippen LogP contribution is 2.29. The zero-order valence-corrected chi connectivity index (χ0v) is 16.0. The largest absolute Gasteiger partial charge is 0.493 e. The van der Waals surface area contributed by atoms with Gasteiger partial charge in [-0.2, -0.15) is 0 Å². The number of amides is 1. The van der Waals surface area contributed by atoms with Gasteiger partial charge in [-0.25, -0.2) is 4.98 Å². The second-order valence-corrected chi connectivity index (χ2v) is 6.77. The van der Waals surface area contributed by atoms with Crippen LogP contribution in [0, 0.1) is 0 Å². The molecule has 0 aliphatic carbocycles. The summed E-state index contributed by atoms with van der Waals surface area (Å²) in [6.07, 6.45) is 2.31. The van der Waals surface area contributed by atoms with Crippen LogP contribution in [-0.4, -0.2) is 36.7 Å². The second kappa shape index (κ2) is 7.90. The summed E-state index contributed by atoms with van der Waals surface area (Å²) in [4.78, 5) is 20.4. The van der Waals surface area contributed by atoms with E-state index in [9.17, 15) is 4.79 Å². The van der Waals surface area contributed by atoms with Gasteiger partial charge >= 0.3 is 0 Å². The highest BCUT2D eigenvalue weighted by atomic mass is 16.5. The third-order valence-electron chi connectivity index (χ3n) is 4.83. The van der Waals surface area contributed by atoms with Crippen LogP contribution in [0.2, 0.25) is 0 Å². The van der Waals surface area contributed by atoms with Gasteiger partial charge in [-0.3, -0.25) is 4.79 Å². The first-order valence-electron chi connectivity index (χ1n) is 9.28. The van der Waals surface area contributed by atoms with Crippen LogP contribution in [0.25, 0.3) is 11.0 Å². The number of carbonyl (C=O) groups excluding carboxylic acids is 1. The molecule has 1 atom stereocenters. The SMILES string of the molecule is COc1ccc(CC(=O)Nc2ccc3nc([C@@H]4CCCO4)[nH]c3c2)cc1OC. The maximum atomic E-state index is 12.5. The van der Waals surface area contributed by atoms with Crippen molar-refractivity contribution >= 4 is 22.6 Å². The van der Waals surface area contributed by atoms with Crippen molar-refractivity contribution in [3.8, 4) is 11.5 Å². The minimum atomic E-state index is -0.106. The molecule has 2 heterocycles. The van der Waals surface area contributed by atoms with Crippen LogP contribution < -0.4 is 14.8 Å². The summed E-state index contributed by atoms with van der Waals surface area (Å²) in [5, 5.41) is 2.94. The minimum Gasteiger partial charge on any atom is -0.493 e. The van der Waals surface area contributed by atoms with Gasteiger partial charge in [-0.15, -0.1) is 0 Å². The predicted molar refractivity (Wildman–Crippen MR) is 106 cm³/mol. The van der Waals surface area contributed by atoms with Crippen LogP contribution >= 0.6 is 0 Å². The van der Waals surface area contributed by atoms with Gasteiger partial charge in [-0.1, -0.05) is 6.07 Å². The van der Waals surface area contributed by atoms with E-state index in [0.717, 1.165) is 47.6 Å². The Morgan fingerprint density at radius 2 is 2.07 bits per heavy atom. The third-order valence-corrected chi connectivity index (χ3v) is 4.83. The molecule has 1 saturated heterocycles. The number of hydrogen-bond acceptors (Lipinski definition) is 5. The molecule has 0 unspecified atom stereocenters. The molecule has 1 amide bonds. The zero-order chi connectivity index (χ0) is 19.5. The monoisotopic (exact) mass is 381 g/mol. The van der Waals surface area contributed by atoms with E-state index < -0.39 is 0 Å². The number of benzene rings is 2. The molecule has 28 heavy (non-hydrogen) atoms. The van der Waals surface area contributed by atoms with Crippen molar-refractivity contribution in [2.45, 2.75) is 25.4 Å². The normalized spacial score (nSPS) is 16.3. The van der Waals surface area contributed by atoms with Crippen LogP contribution in [0.15, 0.2) is 36.4 Å². The molecule has 3 aromatic rings. The van der Waals surface area contributed by atoms with Crippen LogP contribution in [0.4, 0.5) is 5.69 Å². The van der Waals surface area contributed by atoms with E-state index in [1.54, 1.807) is 20.3 Å². The number of nitrogens with one attached hydrogen (secondary N) is 2. The minimum absolute atomic E-state index is 0.0375. The van der Waals surface area contributed by atoms with Gasteiger partial charge in [0.1, 0.15) is 11.9 Å². The van der Waals surface area contributed by atoms with E-state index in [0.29, 0.717) is 11.5 Å². The molecule has 7 heteroatoms. The number of anilines is 1. The van der Waals surface area contributed by atoms with Gasteiger partial charge in [0.25, 0.3) is 0 Å². The van der Waals surface area contributed by atoms with Crippen molar-refractivity contribution in [3.05, 3.63) is 47.8 Å². The summed E-state index contributed by atoms with van der Waals surface area (Å²) in [6, 6.07) is 11.1. The first-order chi connectivity index (χ1) is 13.7. The predicted octanol–water partition coefficient (Wildman–Crippen LogP) is 3.61. The molecule has 146 valence electrons. The van der Waals surface area contributed by atoms with Gasteiger partial charge in [-0.05, 0) is 48.7 Å². The number of fused-ring (bicyclic) bond motifs is 1. The van der Waals surface area contributed by atoms with Crippen LogP contribution in [0.5, 0.6) is 11.5 Å². The molecular formula is C21H23N3O4. The van der Waals surface area contributed by atoms with Crippen LogP contribution in [-0.2, 0) is 16.0 Å². The molecule has 2 N–H and O–H groups in total. The number of ether oxygens (including phenoxy) is 3. The second-order valence-electron chi connectivity index (χ2n) is 6.77. The molecule has 4 rings (SSSR count). The number of carbonyl (C=O) groups is 1. The Kier molecular flexibility index (Phi) is 5.16. The average Bonchev–Trinajstić information content (AvgIpc) is 3.37. The lowest BCUT2D eigenvalue weighted by Crippen LogP contribution is -2.14. The van der Waals surface area contributed by atoms with E-state index in [2.05, 4.69) is 15.3 Å². The van der Waals surface area contributed by atoms with Crippen molar-refractivity contribution in [3.63, 3.8) is 0 Å². The Balaban J connectivity index is 1.46. The number of aromatic amines is 1. The lowest BCUT2D eigenvalue weighted by Gasteiger charge is -2.10. The topological polar surface area (TPSA) is 85.5 Å². The highest BCUT2D eigenvalue weighted by molar-refractivity contribution is 5.94. The van der Waals surface area contributed by atoms with Crippen molar-refractivity contribution in [1.29, 1.82) is 0 Å². The summed E-state index contributed by atoms with van der Waals surface area (Å²) in [7, 11) is 3.16. The van der Waals surface area contributed by atoms with Crippen molar-refractivity contribution in [2.75, 3.05) is 26.1 Å². The number of H-pyrrole nitrogens is 1. The first kappa shape index (κ1) is 18.3. The first-order valence-corrected chi connectivity index (χ1v) is 9.28. The Morgan fingerprint density at radius 3 is 2.82 bits per heavy atom. The number of hydrogen-bond donors (Lipinski definition) is 2. The summed E-state index contributed by atoms with van der Waals surface area (Å²) in [5.74, 6) is 1.98. The summed E-state index contributed by atoms with van der Waals surface area (Å²) in [6.45, 7) is 0.777. The fourth-order valence-electron chi connectivity index (χ4n) is 3.43. The fraction of sp³-hybridized carbons (Fsp3) is 0.333. The van der Waals surface area contributed by atoms with Gasteiger partial charge in [0, 0.05) is 12.3 Å². The van der Waals surface area contributed by atoms with Gasteiger partial charge in [0.05, 0.1) is 31.7 Å². The molecule has 0 bridgehead atoms. The van der Waals surface area contributed by atoms with Crippen LogP contribution in [0.3, 0.4) is 0 Å². The summed E-state index contributed by atoms with van der Waals surface area (Å²) < 4.78 is 16.2. The van der Waals surface area contributed by atoms with E-state index in [4.69, 9.17) is 14.2 Å². The lowest BCUT2D eigenvalue weighted by atomic mass is 10.1. The highest BCUT2D eigenvalue weighted by Gasteiger charge is 2.21. The summed E-state index contributed by atoms with van der Waals surface area (Å²) in [5.41, 5.74) is 3.32. The Hall–Kier alpha value is -3.06. The van der Waals surface area contributed by atoms with Crippen molar-refractivity contribution in [2.24, 2.45) is 0 Å². The molecule has 0 spiro atoms. The van der Waals surface area contributed by atoms with E-state index in [1.807, 2.05) is 30.3 Å². The summed E-state index contributed by atoms with van der Waals surface area (Å²) >= 11 is 0. The maximum Gasteiger partial charge on any atom is 0.228 e. The molecule has 2 aromatic carbocycles. The Labute approximate surface area is 163 Å². The van der Waals surface area contributed by atoms with Crippen molar-refractivity contribution in [1.82, 2.24) is 9.97 Å². The van der Waals surface area contributed by atoms with Crippen molar-refractivity contribution < 1.29 is 19.0 Å². The standard InChI is InChI=1S/C21H23N3O4/c1-26-17-8-5-13(10-19(17)27-2)11-20(25)22-14-6-7-15-16(12-14)24-21(23-15)18-4-3-9-28-18/h5-8,10,12,18H,3-4,9,11H2,1-2H3,(H,22,25)(H,23,24)/t18-/m0/s1. The van der Waals surface area contributed by atoms with E-state index in [1.165, 1.54) is 0 Å². The maximum absolute atomic E-state index is 12.5. The molecule has 1 aromatic heterocycles. The lowest BCUT2D eigenvalue weighted by molar-refractivity contribution is -0.115. The molecule has 1 fully saturated rings.